The number of aliphatic hydroxyl groups excluding tert-OH is 2. The molecular weight excluding hydrogens is 803 g/mol. The van der Waals surface area contributed by atoms with Crippen LogP contribution in [0.1, 0.15) is 252 Å². The van der Waals surface area contributed by atoms with Crippen molar-refractivity contribution in [2.45, 2.75) is 270 Å². The molecule has 0 saturated carbocycles. The first-order chi connectivity index (χ1) is 32.0. The number of carbonyl (C=O) groups excluding carboxylic acids is 2. The molecule has 0 aromatic carbocycles. The molecule has 0 aliphatic rings. The summed E-state index contributed by atoms with van der Waals surface area (Å²) >= 11 is 0. The molecule has 0 radical (unpaired) electrons. The standard InChI is InChI=1S/C59H103NO5/c1-4-7-10-13-16-19-22-24-26-28-29-31-33-35-37-40-43-46-49-52-59(64)65-55(50-47-44-41-38-36-34-32-30-27-25-23-20-17-14-11-8-5-2)53-58(63)60-56(54-61)57(62)51-48-45-42-39-21-18-15-12-9-6-3/h16-17,19-20,24-27,29,31-32,34,38,41,55-57,61-62H,4-15,18,21-23,28,30,33,35-37,39-40,42-54H2,1-3H3,(H,60,63)/b19-16-,20-17-,26-24-,27-25-,31-29-,34-32-,41-38-. The quantitative estimate of drug-likeness (QED) is 0.0321. The molecule has 374 valence electrons. The Bertz CT molecular complexity index is 1250. The molecule has 6 heteroatoms. The topological polar surface area (TPSA) is 95.9 Å². The third-order valence-electron chi connectivity index (χ3n) is 11.9. The molecule has 65 heavy (non-hydrogen) atoms. The van der Waals surface area contributed by atoms with Gasteiger partial charge in [0.1, 0.15) is 6.10 Å². The van der Waals surface area contributed by atoms with Crippen molar-refractivity contribution in [2.75, 3.05) is 6.61 Å². The highest BCUT2D eigenvalue weighted by Gasteiger charge is 2.24. The number of aliphatic hydroxyl groups is 2. The summed E-state index contributed by atoms with van der Waals surface area (Å²) in [5, 5.41) is 23.7. The van der Waals surface area contributed by atoms with Gasteiger partial charge >= 0.3 is 5.97 Å². The molecule has 0 spiro atoms. The maximum absolute atomic E-state index is 13.2. The largest absolute Gasteiger partial charge is 0.462 e. The van der Waals surface area contributed by atoms with Gasteiger partial charge in [-0.25, -0.2) is 0 Å². The Kier molecular flexibility index (Phi) is 49.6. The van der Waals surface area contributed by atoms with Crippen LogP contribution in [0.15, 0.2) is 85.1 Å². The number of carbonyl (C=O) groups is 2. The number of amides is 1. The van der Waals surface area contributed by atoms with E-state index in [-0.39, 0.29) is 24.9 Å². The number of hydrogen-bond acceptors (Lipinski definition) is 5. The summed E-state index contributed by atoms with van der Waals surface area (Å²) in [7, 11) is 0. The van der Waals surface area contributed by atoms with E-state index >= 15 is 0 Å². The van der Waals surface area contributed by atoms with Crippen LogP contribution in [-0.2, 0) is 14.3 Å². The van der Waals surface area contributed by atoms with Gasteiger partial charge in [-0.1, -0.05) is 221 Å². The fourth-order valence-electron chi connectivity index (χ4n) is 7.78. The van der Waals surface area contributed by atoms with Gasteiger partial charge in [-0.05, 0) is 103 Å². The van der Waals surface area contributed by atoms with E-state index < -0.39 is 18.2 Å². The fourth-order valence-corrected chi connectivity index (χ4v) is 7.78. The molecule has 0 aromatic rings. The number of allylic oxidation sites excluding steroid dienone is 14. The van der Waals surface area contributed by atoms with Crippen molar-refractivity contribution in [3.05, 3.63) is 85.1 Å². The van der Waals surface area contributed by atoms with Crippen LogP contribution in [0.2, 0.25) is 0 Å². The van der Waals surface area contributed by atoms with Gasteiger partial charge in [-0.3, -0.25) is 9.59 Å². The number of nitrogens with one attached hydrogen (secondary N) is 1. The molecule has 3 atom stereocenters. The number of ether oxygens (including phenoxy) is 1. The predicted molar refractivity (Wildman–Crippen MR) is 282 cm³/mol. The number of unbranched alkanes of at least 4 members (excludes halogenated alkanes) is 22. The van der Waals surface area contributed by atoms with Gasteiger partial charge in [-0.2, -0.15) is 0 Å². The predicted octanol–water partition coefficient (Wildman–Crippen LogP) is 16.7. The summed E-state index contributed by atoms with van der Waals surface area (Å²) in [5.41, 5.74) is 0. The van der Waals surface area contributed by atoms with Gasteiger partial charge in [-0.15, -0.1) is 0 Å². The van der Waals surface area contributed by atoms with Crippen LogP contribution in [-0.4, -0.2) is 46.9 Å². The molecule has 0 aliphatic heterocycles. The smallest absolute Gasteiger partial charge is 0.306 e. The molecule has 6 nitrogen and oxygen atoms in total. The molecule has 3 N–H and O–H groups in total. The van der Waals surface area contributed by atoms with E-state index in [1.807, 2.05) is 0 Å². The van der Waals surface area contributed by atoms with E-state index in [4.69, 9.17) is 4.74 Å². The monoisotopic (exact) mass is 906 g/mol. The van der Waals surface area contributed by atoms with Crippen molar-refractivity contribution in [2.24, 2.45) is 0 Å². The molecule has 0 heterocycles. The summed E-state index contributed by atoms with van der Waals surface area (Å²) in [4.78, 5) is 26.2. The van der Waals surface area contributed by atoms with Crippen LogP contribution in [0, 0.1) is 0 Å². The highest BCUT2D eigenvalue weighted by atomic mass is 16.5. The lowest BCUT2D eigenvalue weighted by Gasteiger charge is -2.24. The Hall–Kier alpha value is -2.96. The van der Waals surface area contributed by atoms with Gasteiger partial charge in [0.15, 0.2) is 0 Å². The van der Waals surface area contributed by atoms with Crippen LogP contribution < -0.4 is 5.32 Å². The van der Waals surface area contributed by atoms with Crippen molar-refractivity contribution in [1.82, 2.24) is 5.32 Å². The zero-order valence-electron chi connectivity index (χ0n) is 42.6. The zero-order chi connectivity index (χ0) is 47.4. The van der Waals surface area contributed by atoms with Gasteiger partial charge in [0.25, 0.3) is 0 Å². The lowest BCUT2D eigenvalue weighted by molar-refractivity contribution is -0.151. The highest BCUT2D eigenvalue weighted by molar-refractivity contribution is 5.77. The second kappa shape index (κ2) is 52.0. The molecule has 0 aromatic heterocycles. The molecule has 1 amide bonds. The van der Waals surface area contributed by atoms with Crippen LogP contribution in [0.3, 0.4) is 0 Å². The molecule has 3 unspecified atom stereocenters. The van der Waals surface area contributed by atoms with Gasteiger partial charge in [0, 0.05) is 6.42 Å². The Balaban J connectivity index is 4.70. The van der Waals surface area contributed by atoms with Crippen molar-refractivity contribution < 1.29 is 24.5 Å². The Morgan fingerprint density at radius 2 is 0.800 bits per heavy atom. The summed E-state index contributed by atoms with van der Waals surface area (Å²) in [6, 6.07) is -0.725. The second-order valence-electron chi connectivity index (χ2n) is 18.3. The highest BCUT2D eigenvalue weighted by Crippen LogP contribution is 2.16. The maximum atomic E-state index is 13.2. The number of hydrogen-bond donors (Lipinski definition) is 3. The van der Waals surface area contributed by atoms with Gasteiger partial charge in [0.2, 0.25) is 5.91 Å². The lowest BCUT2D eigenvalue weighted by atomic mass is 10.0. The minimum Gasteiger partial charge on any atom is -0.462 e. The SMILES string of the molecule is CCCCC/C=C\C/C=C\C/C=C\C/C=C\CCCC(CC(=O)NC(CO)C(O)CCCCCCCCCCCC)OC(=O)CCCCCCCC/C=C\C/C=C\C/C=C\CCCCC. The summed E-state index contributed by atoms with van der Waals surface area (Å²) in [6.07, 6.45) is 67.9. The number of rotatable bonds is 48. The van der Waals surface area contributed by atoms with E-state index in [9.17, 15) is 19.8 Å². The summed E-state index contributed by atoms with van der Waals surface area (Å²) < 4.78 is 5.92. The molecule has 0 saturated heterocycles. The third kappa shape index (κ3) is 47.3. The Morgan fingerprint density at radius 3 is 1.25 bits per heavy atom. The number of esters is 1. The van der Waals surface area contributed by atoms with Gasteiger partial charge in [0.05, 0.1) is 25.2 Å². The van der Waals surface area contributed by atoms with Crippen LogP contribution in [0.4, 0.5) is 0 Å². The second-order valence-corrected chi connectivity index (χ2v) is 18.3. The van der Waals surface area contributed by atoms with Crippen molar-refractivity contribution in [1.29, 1.82) is 0 Å². The molecule has 0 aliphatic carbocycles. The average molecular weight is 906 g/mol. The third-order valence-corrected chi connectivity index (χ3v) is 11.9. The van der Waals surface area contributed by atoms with Crippen molar-refractivity contribution >= 4 is 11.9 Å². The Morgan fingerprint density at radius 1 is 0.446 bits per heavy atom. The first-order valence-electron chi connectivity index (χ1n) is 27.3. The van der Waals surface area contributed by atoms with Crippen LogP contribution >= 0.6 is 0 Å². The lowest BCUT2D eigenvalue weighted by Crippen LogP contribution is -2.46. The Labute approximate surface area is 402 Å². The minimum absolute atomic E-state index is 0.0309. The normalized spacial score (nSPS) is 13.9. The average Bonchev–Trinajstić information content (AvgIpc) is 3.30. The van der Waals surface area contributed by atoms with E-state index in [0.717, 1.165) is 89.9 Å². The van der Waals surface area contributed by atoms with E-state index in [0.29, 0.717) is 19.3 Å². The maximum Gasteiger partial charge on any atom is 0.306 e. The van der Waals surface area contributed by atoms with E-state index in [2.05, 4.69) is 111 Å². The first kappa shape index (κ1) is 62.0. The summed E-state index contributed by atoms with van der Waals surface area (Å²) in [6.45, 7) is 6.40. The molecule has 0 rings (SSSR count). The molecular formula is C59H103NO5. The van der Waals surface area contributed by atoms with Crippen LogP contribution in [0.25, 0.3) is 0 Å². The molecule has 0 bridgehead atoms. The zero-order valence-corrected chi connectivity index (χ0v) is 42.6. The van der Waals surface area contributed by atoms with Crippen molar-refractivity contribution in [3.63, 3.8) is 0 Å². The fraction of sp³-hybridized carbons (Fsp3) is 0.729. The van der Waals surface area contributed by atoms with Crippen molar-refractivity contribution in [3.8, 4) is 0 Å². The summed E-state index contributed by atoms with van der Waals surface area (Å²) in [5.74, 6) is -0.545. The molecule has 0 fully saturated rings. The van der Waals surface area contributed by atoms with E-state index in [1.165, 1.54) is 116 Å². The first-order valence-corrected chi connectivity index (χ1v) is 27.3. The van der Waals surface area contributed by atoms with Crippen LogP contribution in [0.5, 0.6) is 0 Å². The van der Waals surface area contributed by atoms with E-state index in [1.54, 1.807) is 0 Å². The minimum atomic E-state index is -0.808. The van der Waals surface area contributed by atoms with Gasteiger partial charge < -0.3 is 20.3 Å².